The van der Waals surface area contributed by atoms with Crippen LogP contribution in [0.5, 0.6) is 0 Å². The van der Waals surface area contributed by atoms with Gasteiger partial charge in [0.15, 0.2) is 24.1 Å². The molecule has 0 amide bonds. The van der Waals surface area contributed by atoms with Gasteiger partial charge in [-0.05, 0) is 6.42 Å². The number of carbonyl (C=O) groups excluding carboxylic acids is 1. The number of ether oxygens (including phenoxy) is 1. The van der Waals surface area contributed by atoms with E-state index in [-0.39, 0.29) is 6.42 Å². The van der Waals surface area contributed by atoms with E-state index in [1.807, 2.05) is 0 Å². The molecule has 4 nitrogen and oxygen atoms in total. The van der Waals surface area contributed by atoms with Crippen molar-refractivity contribution >= 4 is 5.78 Å². The normalized spacial score (nSPS) is 30.6. The van der Waals surface area contributed by atoms with Crippen molar-refractivity contribution in [2.24, 2.45) is 0 Å². The lowest BCUT2D eigenvalue weighted by molar-refractivity contribution is -0.235. The molecular weight excluding hydrogens is 368 g/mol. The molecule has 4 atom stereocenters. The molecule has 0 spiro atoms. The first kappa shape index (κ1) is 18.1. The van der Waals surface area contributed by atoms with Gasteiger partial charge in [-0.25, -0.2) is 8.78 Å². The zero-order chi connectivity index (χ0) is 18.7. The lowest BCUT2D eigenvalue weighted by Crippen LogP contribution is -2.39. The highest BCUT2D eigenvalue weighted by atomic mass is 19.4. The van der Waals surface area contributed by atoms with Crippen LogP contribution in [0.2, 0.25) is 0 Å². The topological polar surface area (TPSA) is 44.1 Å². The molecule has 2 aliphatic rings. The molecule has 0 N–H and O–H groups in total. The first-order chi connectivity index (χ1) is 11.4. The average Bonchev–Trinajstić information content (AvgIpc) is 3.00. The molecular formula is C13H10F8N2O2. The Kier molecular flexibility index (Phi) is 4.08. The van der Waals surface area contributed by atoms with E-state index in [4.69, 9.17) is 0 Å². The van der Waals surface area contributed by atoms with E-state index < -0.39 is 72.6 Å². The number of hydrogen-bond acceptors (Lipinski definition) is 3. The predicted molar refractivity (Wildman–Crippen MR) is 64.4 cm³/mol. The highest BCUT2D eigenvalue weighted by Gasteiger charge is 2.53. The summed E-state index contributed by atoms with van der Waals surface area (Å²) >= 11 is 0. The molecule has 12 heteroatoms. The van der Waals surface area contributed by atoms with Crippen LogP contribution in [0, 0.1) is 0 Å². The van der Waals surface area contributed by atoms with Crippen LogP contribution in [-0.2, 0) is 10.9 Å². The molecule has 0 saturated carbocycles. The Morgan fingerprint density at radius 3 is 2.28 bits per heavy atom. The number of alkyl halides is 8. The third-order valence-corrected chi connectivity index (χ3v) is 4.20. The van der Waals surface area contributed by atoms with Crippen molar-refractivity contribution < 1.29 is 44.7 Å². The zero-order valence-corrected chi connectivity index (χ0v) is 12.2. The van der Waals surface area contributed by atoms with E-state index in [1.54, 1.807) is 0 Å². The van der Waals surface area contributed by atoms with Gasteiger partial charge in [-0.1, -0.05) is 0 Å². The van der Waals surface area contributed by atoms with Gasteiger partial charge in [0, 0.05) is 13.0 Å². The van der Waals surface area contributed by atoms with E-state index in [0.717, 1.165) is 0 Å². The van der Waals surface area contributed by atoms with E-state index in [0.29, 0.717) is 4.68 Å². The van der Waals surface area contributed by atoms with E-state index >= 15 is 0 Å². The van der Waals surface area contributed by atoms with E-state index in [9.17, 15) is 39.9 Å². The van der Waals surface area contributed by atoms with Crippen LogP contribution in [0.15, 0.2) is 0 Å². The number of halogens is 8. The lowest BCUT2D eigenvalue weighted by Gasteiger charge is -2.31. The van der Waals surface area contributed by atoms with Gasteiger partial charge in [0.25, 0.3) is 0 Å². The number of aromatic nitrogens is 2. The summed E-state index contributed by atoms with van der Waals surface area (Å²) in [5, 5.41) is 3.12. The van der Waals surface area contributed by atoms with E-state index in [1.165, 1.54) is 0 Å². The molecule has 0 bridgehead atoms. The van der Waals surface area contributed by atoms with Gasteiger partial charge in [0.1, 0.15) is 0 Å². The number of Topliss-reactive ketones (excluding diaryl/α,β-unsaturated/α-hetero) is 1. The van der Waals surface area contributed by atoms with Crippen LogP contribution in [0.1, 0.15) is 46.8 Å². The fraction of sp³-hybridized carbons (Fsp3) is 0.692. The molecule has 1 aromatic rings. The molecule has 0 aromatic carbocycles. The first-order valence-electron chi connectivity index (χ1n) is 7.13. The van der Waals surface area contributed by atoms with Crippen molar-refractivity contribution in [3.8, 4) is 0 Å². The quantitative estimate of drug-likeness (QED) is 0.700. The number of rotatable bonds is 1. The van der Waals surface area contributed by atoms with Gasteiger partial charge in [-0.2, -0.15) is 31.4 Å². The number of fused-ring (bicyclic) bond motifs is 1. The minimum atomic E-state index is -5.18. The number of nitrogens with zero attached hydrogens (tertiary/aromatic N) is 2. The second-order valence-corrected chi connectivity index (χ2v) is 5.80. The molecule has 0 radical (unpaired) electrons. The third kappa shape index (κ3) is 2.89. The minimum Gasteiger partial charge on any atom is -0.369 e. The van der Waals surface area contributed by atoms with Crippen molar-refractivity contribution in [2.45, 2.75) is 49.7 Å². The minimum absolute atomic E-state index is 0.185. The van der Waals surface area contributed by atoms with Crippen molar-refractivity contribution in [3.63, 3.8) is 0 Å². The van der Waals surface area contributed by atoms with Crippen LogP contribution < -0.4 is 0 Å². The number of hydrogen-bond donors (Lipinski definition) is 0. The molecule has 0 unspecified atom stereocenters. The summed E-state index contributed by atoms with van der Waals surface area (Å²) in [6.45, 7) is -0.450. The van der Waals surface area contributed by atoms with Gasteiger partial charge in [-0.15, -0.1) is 0 Å². The average molecular weight is 378 g/mol. The maximum absolute atomic E-state index is 14.0. The summed E-state index contributed by atoms with van der Waals surface area (Å²) in [7, 11) is 0. The van der Waals surface area contributed by atoms with Gasteiger partial charge in [0.05, 0.1) is 17.3 Å². The van der Waals surface area contributed by atoms with Crippen LogP contribution in [-0.4, -0.2) is 40.6 Å². The van der Waals surface area contributed by atoms with Crippen LogP contribution in [0.25, 0.3) is 0 Å². The Morgan fingerprint density at radius 1 is 1.08 bits per heavy atom. The molecule has 1 fully saturated rings. The van der Waals surface area contributed by atoms with Crippen molar-refractivity contribution in [1.82, 2.24) is 9.78 Å². The molecule has 1 aliphatic carbocycles. The Labute approximate surface area is 134 Å². The smallest absolute Gasteiger partial charge is 0.369 e. The second-order valence-electron chi connectivity index (χ2n) is 5.80. The maximum atomic E-state index is 14.0. The SMILES string of the molecule is O=C1c2c(C(F)(F)F)nn([C@@H]3CCO[C@H](C(F)(F)F)C3)c2[C@@H](F)[C@H]1F. The first-order valence-corrected chi connectivity index (χ1v) is 7.13. The van der Waals surface area contributed by atoms with Crippen LogP contribution >= 0.6 is 0 Å². The summed E-state index contributed by atoms with van der Waals surface area (Å²) in [6, 6.07) is -1.30. The highest BCUT2D eigenvalue weighted by molar-refractivity contribution is 6.05. The summed E-state index contributed by atoms with van der Waals surface area (Å²) in [4.78, 5) is 11.6. The fourth-order valence-electron chi connectivity index (χ4n) is 3.07. The van der Waals surface area contributed by atoms with Crippen LogP contribution in [0.3, 0.4) is 0 Å². The highest BCUT2D eigenvalue weighted by Crippen LogP contribution is 2.45. The molecule has 25 heavy (non-hydrogen) atoms. The summed E-state index contributed by atoms with van der Waals surface area (Å²) < 4.78 is 110. The largest absolute Gasteiger partial charge is 0.435 e. The Hall–Kier alpha value is -1.72. The summed E-state index contributed by atoms with van der Waals surface area (Å²) in [5.41, 5.74) is -3.99. The van der Waals surface area contributed by atoms with Crippen molar-refractivity contribution in [3.05, 3.63) is 17.0 Å². The molecule has 2 heterocycles. The van der Waals surface area contributed by atoms with Gasteiger partial charge >= 0.3 is 12.4 Å². The van der Waals surface area contributed by atoms with Gasteiger partial charge in [-0.3, -0.25) is 9.48 Å². The fourth-order valence-corrected chi connectivity index (χ4v) is 3.07. The Morgan fingerprint density at radius 2 is 1.72 bits per heavy atom. The summed E-state index contributed by atoms with van der Waals surface area (Å²) in [5.74, 6) is -1.71. The standard InChI is InChI=1S/C13H10F8N2O2/c14-7-8(15)10(24)6-9(7)23(22-11(6)13(19,20)21)4-1-2-25-5(3-4)12(16,17)18/h4-5,7-8H,1-3H2/t4-,5+,7+,8-/m1/s1. The molecule has 3 rings (SSSR count). The lowest BCUT2D eigenvalue weighted by atomic mass is 10.0. The number of ketones is 1. The van der Waals surface area contributed by atoms with Crippen molar-refractivity contribution in [2.75, 3.05) is 6.61 Å². The second kappa shape index (κ2) is 5.64. The monoisotopic (exact) mass is 378 g/mol. The molecule has 140 valence electrons. The molecule has 1 aliphatic heterocycles. The summed E-state index contributed by atoms with van der Waals surface area (Å²) in [6.07, 6.45) is -18.8. The Balaban J connectivity index is 2.06. The van der Waals surface area contributed by atoms with E-state index in [2.05, 4.69) is 9.84 Å². The molecule has 1 saturated heterocycles. The third-order valence-electron chi connectivity index (χ3n) is 4.20. The zero-order valence-electron chi connectivity index (χ0n) is 12.2. The molecule has 1 aromatic heterocycles. The van der Waals surface area contributed by atoms with Crippen LogP contribution in [0.4, 0.5) is 35.1 Å². The van der Waals surface area contributed by atoms with Crippen molar-refractivity contribution in [1.29, 1.82) is 0 Å². The van der Waals surface area contributed by atoms with Gasteiger partial charge in [0.2, 0.25) is 5.78 Å². The predicted octanol–water partition coefficient (Wildman–Crippen LogP) is 3.73. The number of carbonyl (C=O) groups is 1. The maximum Gasteiger partial charge on any atom is 0.435 e. The Bertz CT molecular complexity index is 695. The van der Waals surface area contributed by atoms with Gasteiger partial charge < -0.3 is 4.74 Å².